The number of nitrogens with zero attached hydrogens (tertiary/aromatic N) is 2. The summed E-state index contributed by atoms with van der Waals surface area (Å²) < 4.78 is 26.6. The SMILES string of the molecule is O=C(O)c1ccc(Nc2cc(Br)c(F)cc2F)nn1. The van der Waals surface area contributed by atoms with Crippen molar-refractivity contribution in [2.75, 3.05) is 5.32 Å². The largest absolute Gasteiger partial charge is 0.476 e. The van der Waals surface area contributed by atoms with Crippen LogP contribution in [0.2, 0.25) is 0 Å². The van der Waals surface area contributed by atoms with Crippen LogP contribution in [0.4, 0.5) is 20.3 Å². The van der Waals surface area contributed by atoms with Gasteiger partial charge in [-0.25, -0.2) is 13.6 Å². The average Bonchev–Trinajstić information content (AvgIpc) is 2.36. The average molecular weight is 330 g/mol. The minimum Gasteiger partial charge on any atom is -0.476 e. The van der Waals surface area contributed by atoms with E-state index in [-0.39, 0.29) is 21.7 Å². The van der Waals surface area contributed by atoms with E-state index in [2.05, 4.69) is 31.4 Å². The molecule has 1 aromatic carbocycles. The third-order valence-electron chi connectivity index (χ3n) is 2.16. The lowest BCUT2D eigenvalue weighted by atomic mass is 10.3. The molecule has 5 nitrogen and oxygen atoms in total. The third-order valence-corrected chi connectivity index (χ3v) is 2.76. The Morgan fingerprint density at radius 3 is 2.53 bits per heavy atom. The first-order valence-electron chi connectivity index (χ1n) is 4.96. The van der Waals surface area contributed by atoms with Crippen molar-refractivity contribution < 1.29 is 18.7 Å². The molecule has 2 N–H and O–H groups in total. The lowest BCUT2D eigenvalue weighted by Crippen LogP contribution is -2.04. The fourth-order valence-electron chi connectivity index (χ4n) is 1.27. The van der Waals surface area contributed by atoms with Crippen molar-refractivity contribution in [1.82, 2.24) is 10.2 Å². The number of halogens is 3. The molecule has 19 heavy (non-hydrogen) atoms. The standard InChI is InChI=1S/C11H6BrF2N3O2/c12-5-3-9(7(14)4-6(5)13)15-10-2-1-8(11(18)19)16-17-10/h1-4H,(H,15,17)(H,18,19). The summed E-state index contributed by atoms with van der Waals surface area (Å²) >= 11 is 2.93. The first kappa shape index (κ1) is 13.3. The van der Waals surface area contributed by atoms with Gasteiger partial charge in [-0.05, 0) is 34.1 Å². The fraction of sp³-hybridized carbons (Fsp3) is 0. The fourth-order valence-corrected chi connectivity index (χ4v) is 1.61. The summed E-state index contributed by atoms with van der Waals surface area (Å²) in [6.45, 7) is 0. The highest BCUT2D eigenvalue weighted by Gasteiger charge is 2.10. The van der Waals surface area contributed by atoms with Crippen molar-refractivity contribution in [1.29, 1.82) is 0 Å². The third kappa shape index (κ3) is 3.02. The zero-order valence-electron chi connectivity index (χ0n) is 9.19. The molecule has 98 valence electrons. The normalized spacial score (nSPS) is 10.3. The summed E-state index contributed by atoms with van der Waals surface area (Å²) in [5.41, 5.74) is -0.239. The molecule has 0 bridgehead atoms. The van der Waals surface area contributed by atoms with Gasteiger partial charge in [-0.1, -0.05) is 0 Å². The van der Waals surface area contributed by atoms with Crippen LogP contribution < -0.4 is 5.32 Å². The van der Waals surface area contributed by atoms with Gasteiger partial charge in [-0.2, -0.15) is 0 Å². The molecule has 0 spiro atoms. The van der Waals surface area contributed by atoms with Crippen molar-refractivity contribution in [2.24, 2.45) is 0 Å². The van der Waals surface area contributed by atoms with Crippen molar-refractivity contribution in [3.05, 3.63) is 46.1 Å². The second-order valence-electron chi connectivity index (χ2n) is 3.48. The van der Waals surface area contributed by atoms with Crippen LogP contribution in [0.15, 0.2) is 28.7 Å². The summed E-state index contributed by atoms with van der Waals surface area (Å²) in [5, 5.41) is 18.2. The molecule has 0 aliphatic heterocycles. The number of nitrogens with one attached hydrogen (secondary N) is 1. The maximum atomic E-state index is 13.5. The number of aromatic nitrogens is 2. The van der Waals surface area contributed by atoms with E-state index in [4.69, 9.17) is 5.11 Å². The molecule has 8 heteroatoms. The Labute approximate surface area is 114 Å². The van der Waals surface area contributed by atoms with Gasteiger partial charge in [0.25, 0.3) is 0 Å². The van der Waals surface area contributed by atoms with Crippen LogP contribution in [0.1, 0.15) is 10.5 Å². The predicted molar refractivity (Wildman–Crippen MR) is 66.3 cm³/mol. The number of carbonyl (C=O) groups is 1. The van der Waals surface area contributed by atoms with Gasteiger partial charge >= 0.3 is 5.97 Å². The van der Waals surface area contributed by atoms with E-state index in [0.717, 1.165) is 0 Å². The summed E-state index contributed by atoms with van der Waals surface area (Å²) in [6, 6.07) is 4.46. The Bertz CT molecular complexity index is 635. The van der Waals surface area contributed by atoms with Crippen molar-refractivity contribution in [3.63, 3.8) is 0 Å². The molecular weight excluding hydrogens is 324 g/mol. The van der Waals surface area contributed by atoms with Crippen LogP contribution in [0.25, 0.3) is 0 Å². The lowest BCUT2D eigenvalue weighted by molar-refractivity contribution is 0.0689. The molecule has 0 radical (unpaired) electrons. The van der Waals surface area contributed by atoms with Crippen LogP contribution in [-0.2, 0) is 0 Å². The highest BCUT2D eigenvalue weighted by molar-refractivity contribution is 9.10. The number of rotatable bonds is 3. The Morgan fingerprint density at radius 2 is 1.95 bits per heavy atom. The van der Waals surface area contributed by atoms with E-state index < -0.39 is 17.6 Å². The molecule has 1 heterocycles. The number of carboxylic acid groups (broad SMARTS) is 1. The van der Waals surface area contributed by atoms with Gasteiger partial charge in [0.05, 0.1) is 10.2 Å². The highest BCUT2D eigenvalue weighted by Crippen LogP contribution is 2.25. The van der Waals surface area contributed by atoms with E-state index >= 15 is 0 Å². The first-order valence-corrected chi connectivity index (χ1v) is 5.75. The van der Waals surface area contributed by atoms with Gasteiger partial charge in [0.2, 0.25) is 0 Å². The topological polar surface area (TPSA) is 75.1 Å². The second kappa shape index (κ2) is 5.27. The van der Waals surface area contributed by atoms with E-state index in [1.165, 1.54) is 18.2 Å². The number of benzene rings is 1. The van der Waals surface area contributed by atoms with Crippen molar-refractivity contribution in [3.8, 4) is 0 Å². The molecule has 2 rings (SSSR count). The van der Waals surface area contributed by atoms with Gasteiger partial charge in [0.15, 0.2) is 11.5 Å². The molecule has 0 atom stereocenters. The molecule has 2 aromatic rings. The minimum atomic E-state index is -1.21. The van der Waals surface area contributed by atoms with Crippen LogP contribution in [0, 0.1) is 11.6 Å². The monoisotopic (exact) mass is 329 g/mol. The van der Waals surface area contributed by atoms with E-state index in [1.807, 2.05) is 0 Å². The Morgan fingerprint density at radius 1 is 1.21 bits per heavy atom. The maximum Gasteiger partial charge on any atom is 0.356 e. The van der Waals surface area contributed by atoms with Gasteiger partial charge in [-0.15, -0.1) is 10.2 Å². The van der Waals surface area contributed by atoms with Crippen molar-refractivity contribution in [2.45, 2.75) is 0 Å². The highest BCUT2D eigenvalue weighted by atomic mass is 79.9. The van der Waals surface area contributed by atoms with Gasteiger partial charge < -0.3 is 10.4 Å². The number of aromatic carboxylic acids is 1. The first-order chi connectivity index (χ1) is 8.97. The zero-order valence-corrected chi connectivity index (χ0v) is 10.8. The van der Waals surface area contributed by atoms with Crippen LogP contribution >= 0.6 is 15.9 Å². The van der Waals surface area contributed by atoms with E-state index in [9.17, 15) is 13.6 Å². The summed E-state index contributed by atoms with van der Waals surface area (Å²) in [4.78, 5) is 10.6. The molecule has 1 aromatic heterocycles. The van der Waals surface area contributed by atoms with Crippen molar-refractivity contribution >= 4 is 33.4 Å². The lowest BCUT2D eigenvalue weighted by Gasteiger charge is -2.07. The molecule has 0 saturated carbocycles. The van der Waals surface area contributed by atoms with Crippen LogP contribution in [0.3, 0.4) is 0 Å². The summed E-state index contributed by atoms with van der Waals surface area (Å²) in [5.74, 6) is -2.60. The number of carboxylic acids is 1. The zero-order chi connectivity index (χ0) is 14.0. The van der Waals surface area contributed by atoms with E-state index in [1.54, 1.807) is 0 Å². The summed E-state index contributed by atoms with van der Waals surface area (Å²) in [6.07, 6.45) is 0. The number of hydrogen-bond acceptors (Lipinski definition) is 4. The quantitative estimate of drug-likeness (QED) is 0.847. The Hall–Kier alpha value is -2.09. The second-order valence-corrected chi connectivity index (χ2v) is 4.33. The van der Waals surface area contributed by atoms with Gasteiger partial charge in [0.1, 0.15) is 11.6 Å². The smallest absolute Gasteiger partial charge is 0.356 e. The molecular formula is C11H6BrF2N3O2. The molecule has 0 amide bonds. The van der Waals surface area contributed by atoms with Gasteiger partial charge in [-0.3, -0.25) is 0 Å². The minimum absolute atomic E-state index is 0.00866. The Kier molecular flexibility index (Phi) is 3.70. The maximum absolute atomic E-state index is 13.5. The number of anilines is 2. The molecule has 0 aliphatic rings. The Balaban J connectivity index is 2.26. The van der Waals surface area contributed by atoms with Crippen LogP contribution in [0.5, 0.6) is 0 Å². The molecule has 0 aliphatic carbocycles. The van der Waals surface area contributed by atoms with E-state index in [0.29, 0.717) is 6.07 Å². The molecule has 0 saturated heterocycles. The van der Waals surface area contributed by atoms with Crippen LogP contribution in [-0.4, -0.2) is 21.3 Å². The predicted octanol–water partition coefficient (Wildman–Crippen LogP) is 2.96. The molecule has 0 fully saturated rings. The number of hydrogen-bond donors (Lipinski definition) is 2. The van der Waals surface area contributed by atoms with Gasteiger partial charge in [0, 0.05) is 6.07 Å². The molecule has 0 unspecified atom stereocenters. The summed E-state index contributed by atoms with van der Waals surface area (Å²) in [7, 11) is 0.